The van der Waals surface area contributed by atoms with Crippen molar-refractivity contribution in [1.82, 2.24) is 10.6 Å². The summed E-state index contributed by atoms with van der Waals surface area (Å²) >= 11 is 0. The van der Waals surface area contributed by atoms with Gasteiger partial charge < -0.3 is 10.6 Å². The lowest BCUT2D eigenvalue weighted by molar-refractivity contribution is 0.0921. The van der Waals surface area contributed by atoms with E-state index in [1.807, 2.05) is 26.0 Å². The lowest BCUT2D eigenvalue weighted by Crippen LogP contribution is -2.45. The minimum absolute atomic E-state index is 0.0693. The number of carbonyl (C=O) groups is 1. The molecule has 6 nitrogen and oxygen atoms in total. The Bertz CT molecular complexity index is 1140. The Morgan fingerprint density at radius 1 is 0.967 bits per heavy atom. The van der Waals surface area contributed by atoms with E-state index in [0.717, 1.165) is 5.56 Å². The van der Waals surface area contributed by atoms with Crippen LogP contribution in [0.15, 0.2) is 71.6 Å². The predicted octanol–water partition coefficient (Wildman–Crippen LogP) is 3.63. The SMILES string of the molecule is CC(C)[C@@H](CNCc1ccc2ccccc2c1)NC(=O)c1ccccc1S(=O)(=O)O. The van der Waals surface area contributed by atoms with Crippen LogP contribution in [0.25, 0.3) is 10.8 Å². The van der Waals surface area contributed by atoms with Crippen LogP contribution in [0, 0.1) is 5.92 Å². The maximum absolute atomic E-state index is 12.7. The van der Waals surface area contributed by atoms with Gasteiger partial charge in [0.1, 0.15) is 4.90 Å². The first kappa shape index (κ1) is 22.0. The molecular weight excluding hydrogens is 400 g/mol. The van der Waals surface area contributed by atoms with E-state index < -0.39 is 20.9 Å². The van der Waals surface area contributed by atoms with E-state index in [-0.39, 0.29) is 17.5 Å². The molecule has 0 bridgehead atoms. The molecule has 1 amide bonds. The molecule has 0 fully saturated rings. The van der Waals surface area contributed by atoms with Crippen LogP contribution in [0.1, 0.15) is 29.8 Å². The summed E-state index contributed by atoms with van der Waals surface area (Å²) < 4.78 is 32.5. The Balaban J connectivity index is 1.66. The van der Waals surface area contributed by atoms with E-state index in [9.17, 15) is 17.8 Å². The molecule has 0 aliphatic carbocycles. The molecule has 0 saturated heterocycles. The summed E-state index contributed by atoms with van der Waals surface area (Å²) in [5, 5.41) is 8.61. The third-order valence-corrected chi connectivity index (χ3v) is 5.95. The zero-order valence-electron chi connectivity index (χ0n) is 17.0. The van der Waals surface area contributed by atoms with E-state index in [2.05, 4.69) is 41.0 Å². The predicted molar refractivity (Wildman–Crippen MR) is 118 cm³/mol. The Kier molecular flexibility index (Phi) is 6.87. The number of rotatable bonds is 8. The number of nitrogens with one attached hydrogen (secondary N) is 2. The molecule has 3 N–H and O–H groups in total. The van der Waals surface area contributed by atoms with Gasteiger partial charge in [-0.25, -0.2) is 0 Å². The third-order valence-electron chi connectivity index (χ3n) is 5.04. The second-order valence-corrected chi connectivity index (χ2v) is 9.00. The number of hydrogen-bond acceptors (Lipinski definition) is 4. The van der Waals surface area contributed by atoms with Crippen molar-refractivity contribution in [1.29, 1.82) is 0 Å². The summed E-state index contributed by atoms with van der Waals surface area (Å²) in [6, 6.07) is 19.9. The summed E-state index contributed by atoms with van der Waals surface area (Å²) in [5.41, 5.74) is 1.07. The molecule has 0 unspecified atom stereocenters. The van der Waals surface area contributed by atoms with Gasteiger partial charge in [0.15, 0.2) is 0 Å². The summed E-state index contributed by atoms with van der Waals surface area (Å²) in [6.45, 7) is 5.13. The molecule has 0 radical (unpaired) electrons. The van der Waals surface area contributed by atoms with Crippen molar-refractivity contribution in [3.05, 3.63) is 77.9 Å². The van der Waals surface area contributed by atoms with Gasteiger partial charge in [-0.1, -0.05) is 62.4 Å². The first-order chi connectivity index (χ1) is 14.3. The Labute approximate surface area is 177 Å². The Morgan fingerprint density at radius 3 is 2.33 bits per heavy atom. The maximum Gasteiger partial charge on any atom is 0.295 e. The second-order valence-electron chi connectivity index (χ2n) is 7.61. The minimum Gasteiger partial charge on any atom is -0.348 e. The molecule has 7 heteroatoms. The van der Waals surface area contributed by atoms with Crippen LogP contribution in [0.2, 0.25) is 0 Å². The smallest absolute Gasteiger partial charge is 0.295 e. The minimum atomic E-state index is -4.48. The van der Waals surface area contributed by atoms with Crippen molar-refractivity contribution in [2.45, 2.75) is 31.3 Å². The highest BCUT2D eigenvalue weighted by Crippen LogP contribution is 2.17. The molecule has 0 aromatic heterocycles. The van der Waals surface area contributed by atoms with Gasteiger partial charge in [-0.2, -0.15) is 8.42 Å². The van der Waals surface area contributed by atoms with Gasteiger partial charge >= 0.3 is 0 Å². The molecule has 0 spiro atoms. The van der Waals surface area contributed by atoms with E-state index in [4.69, 9.17) is 0 Å². The average Bonchev–Trinajstić information content (AvgIpc) is 2.72. The van der Waals surface area contributed by atoms with Crippen molar-refractivity contribution in [3.63, 3.8) is 0 Å². The largest absolute Gasteiger partial charge is 0.348 e. The molecule has 0 saturated carbocycles. The number of carbonyl (C=O) groups excluding carboxylic acids is 1. The highest BCUT2D eigenvalue weighted by molar-refractivity contribution is 7.86. The van der Waals surface area contributed by atoms with Gasteiger partial charge in [-0.05, 0) is 40.5 Å². The molecule has 158 valence electrons. The fraction of sp³-hybridized carbons (Fsp3) is 0.261. The second kappa shape index (κ2) is 9.38. The summed E-state index contributed by atoms with van der Waals surface area (Å²) in [4.78, 5) is 12.3. The van der Waals surface area contributed by atoms with Crippen LogP contribution in [-0.4, -0.2) is 31.5 Å². The molecule has 3 aromatic rings. The first-order valence-electron chi connectivity index (χ1n) is 9.81. The average molecular weight is 427 g/mol. The first-order valence-corrected chi connectivity index (χ1v) is 11.3. The quantitative estimate of drug-likeness (QED) is 0.478. The van der Waals surface area contributed by atoms with E-state index in [1.54, 1.807) is 6.07 Å². The zero-order valence-corrected chi connectivity index (χ0v) is 17.8. The molecule has 0 heterocycles. The standard InChI is InChI=1S/C23H26N2O4S/c1-16(2)21(25-23(26)20-9-5-6-10-22(20)30(27,28)29)15-24-14-17-11-12-18-7-3-4-8-19(18)13-17/h3-13,16,21,24H,14-15H2,1-2H3,(H,25,26)(H,27,28,29)/t21-/m1/s1. The highest BCUT2D eigenvalue weighted by atomic mass is 32.2. The van der Waals surface area contributed by atoms with E-state index in [1.165, 1.54) is 29.0 Å². The van der Waals surface area contributed by atoms with Crippen molar-refractivity contribution in [2.24, 2.45) is 5.92 Å². The summed E-state index contributed by atoms with van der Waals surface area (Å²) in [6.07, 6.45) is 0. The topological polar surface area (TPSA) is 95.5 Å². The van der Waals surface area contributed by atoms with Gasteiger partial charge in [0.05, 0.1) is 5.56 Å². The van der Waals surface area contributed by atoms with Crippen LogP contribution in [0.3, 0.4) is 0 Å². The van der Waals surface area contributed by atoms with Gasteiger partial charge in [0.25, 0.3) is 16.0 Å². The van der Waals surface area contributed by atoms with E-state index >= 15 is 0 Å². The van der Waals surface area contributed by atoms with Crippen molar-refractivity contribution in [2.75, 3.05) is 6.54 Å². The highest BCUT2D eigenvalue weighted by Gasteiger charge is 2.23. The fourth-order valence-electron chi connectivity index (χ4n) is 3.30. The van der Waals surface area contributed by atoms with Gasteiger partial charge in [0.2, 0.25) is 0 Å². The molecular formula is C23H26N2O4S. The molecule has 0 aliphatic heterocycles. The molecule has 3 aromatic carbocycles. The zero-order chi connectivity index (χ0) is 21.7. The summed E-state index contributed by atoms with van der Waals surface area (Å²) in [7, 11) is -4.48. The number of benzene rings is 3. The normalized spacial score (nSPS) is 12.8. The Morgan fingerprint density at radius 2 is 1.63 bits per heavy atom. The molecule has 1 atom stereocenters. The van der Waals surface area contributed by atoms with Gasteiger partial charge in [0, 0.05) is 19.1 Å². The van der Waals surface area contributed by atoms with Crippen LogP contribution >= 0.6 is 0 Å². The van der Waals surface area contributed by atoms with Crippen molar-refractivity contribution < 1.29 is 17.8 Å². The molecule has 3 rings (SSSR count). The van der Waals surface area contributed by atoms with Crippen LogP contribution in [0.4, 0.5) is 0 Å². The van der Waals surface area contributed by atoms with Crippen molar-refractivity contribution >= 4 is 26.8 Å². The number of fused-ring (bicyclic) bond motifs is 1. The van der Waals surface area contributed by atoms with Crippen LogP contribution < -0.4 is 10.6 Å². The lowest BCUT2D eigenvalue weighted by atomic mass is 10.0. The monoisotopic (exact) mass is 426 g/mol. The molecule has 0 aliphatic rings. The maximum atomic E-state index is 12.7. The summed E-state index contributed by atoms with van der Waals surface area (Å²) in [5.74, 6) is -0.412. The van der Waals surface area contributed by atoms with Gasteiger partial charge in [-0.15, -0.1) is 0 Å². The number of amides is 1. The van der Waals surface area contributed by atoms with Crippen LogP contribution in [0.5, 0.6) is 0 Å². The van der Waals surface area contributed by atoms with Crippen LogP contribution in [-0.2, 0) is 16.7 Å². The number of hydrogen-bond donors (Lipinski definition) is 3. The third kappa shape index (κ3) is 5.44. The van der Waals surface area contributed by atoms with Crippen molar-refractivity contribution in [3.8, 4) is 0 Å². The van der Waals surface area contributed by atoms with Gasteiger partial charge in [-0.3, -0.25) is 9.35 Å². The lowest BCUT2D eigenvalue weighted by Gasteiger charge is -2.23. The molecule has 30 heavy (non-hydrogen) atoms. The van der Waals surface area contributed by atoms with E-state index in [0.29, 0.717) is 13.1 Å². The fourth-order valence-corrected chi connectivity index (χ4v) is 3.99. The Hall–Kier alpha value is -2.74.